The van der Waals surface area contributed by atoms with Crippen LogP contribution in [0.2, 0.25) is 0 Å². The summed E-state index contributed by atoms with van der Waals surface area (Å²) in [5, 5.41) is 17.3. The van der Waals surface area contributed by atoms with Crippen LogP contribution in [0.25, 0.3) is 0 Å². The van der Waals surface area contributed by atoms with Crippen molar-refractivity contribution in [1.82, 2.24) is 0 Å². The van der Waals surface area contributed by atoms with Gasteiger partial charge in [0, 0.05) is 5.57 Å². The molecule has 1 atom stereocenters. The fraction of sp³-hybridized carbons (Fsp3) is 0.667. The number of hydrogen-bond donors (Lipinski definition) is 2. The molecule has 2 N–H and O–H groups in total. The normalized spacial score (nSPS) is 12.5. The largest absolute Gasteiger partial charge is 0.478 e. The molecule has 3 heteroatoms. The van der Waals surface area contributed by atoms with Crippen molar-refractivity contribution < 1.29 is 15.0 Å². The number of aliphatic carboxylic acids is 1. The number of aliphatic hydroxyl groups excluding tert-OH is 1. The van der Waals surface area contributed by atoms with Crippen LogP contribution in [-0.2, 0) is 4.79 Å². The number of rotatable bonds is 6. The molecular weight excluding hydrogens is 156 g/mol. The van der Waals surface area contributed by atoms with Crippen molar-refractivity contribution >= 4 is 5.97 Å². The summed E-state index contributed by atoms with van der Waals surface area (Å²) in [5.41, 5.74) is 0.251. The number of hydrogen-bond acceptors (Lipinski definition) is 2. The van der Waals surface area contributed by atoms with E-state index in [0.717, 1.165) is 19.3 Å². The molecule has 0 fully saturated rings. The summed E-state index contributed by atoms with van der Waals surface area (Å²) in [6.45, 7) is 5.14. The van der Waals surface area contributed by atoms with E-state index < -0.39 is 5.97 Å². The van der Waals surface area contributed by atoms with Crippen LogP contribution in [0.15, 0.2) is 12.2 Å². The third-order valence-electron chi connectivity index (χ3n) is 1.65. The topological polar surface area (TPSA) is 57.5 Å². The van der Waals surface area contributed by atoms with Gasteiger partial charge in [-0.3, -0.25) is 0 Å². The molecule has 0 amide bonds. The van der Waals surface area contributed by atoms with E-state index in [-0.39, 0.29) is 11.7 Å². The third-order valence-corrected chi connectivity index (χ3v) is 1.65. The molecule has 0 saturated carbocycles. The number of carboxylic acids is 1. The van der Waals surface area contributed by atoms with Crippen molar-refractivity contribution in [2.45, 2.75) is 38.7 Å². The lowest BCUT2D eigenvalue weighted by atomic mass is 10.1. The number of unbranched alkanes of at least 4 members (excludes halogenated alkanes) is 1. The van der Waals surface area contributed by atoms with Crippen LogP contribution < -0.4 is 0 Å². The van der Waals surface area contributed by atoms with E-state index >= 15 is 0 Å². The predicted molar refractivity (Wildman–Crippen MR) is 46.9 cm³/mol. The molecule has 70 valence electrons. The first kappa shape index (κ1) is 11.2. The number of carboxylic acid groups (broad SMARTS) is 1. The second kappa shape index (κ2) is 5.77. The summed E-state index contributed by atoms with van der Waals surface area (Å²) < 4.78 is 0. The van der Waals surface area contributed by atoms with E-state index in [1.807, 2.05) is 0 Å². The van der Waals surface area contributed by atoms with E-state index in [2.05, 4.69) is 6.58 Å². The zero-order chi connectivity index (χ0) is 9.56. The van der Waals surface area contributed by atoms with Crippen LogP contribution in [0.4, 0.5) is 0 Å². The van der Waals surface area contributed by atoms with Gasteiger partial charge in [0.25, 0.3) is 0 Å². The average Bonchev–Trinajstić information content (AvgIpc) is 1.97. The Morgan fingerprint density at radius 2 is 2.08 bits per heavy atom. The highest BCUT2D eigenvalue weighted by molar-refractivity contribution is 5.85. The fourth-order valence-electron chi connectivity index (χ4n) is 0.885. The van der Waals surface area contributed by atoms with E-state index in [4.69, 9.17) is 10.2 Å². The maximum absolute atomic E-state index is 10.3. The van der Waals surface area contributed by atoms with Crippen molar-refractivity contribution in [3.8, 4) is 0 Å². The lowest BCUT2D eigenvalue weighted by Crippen LogP contribution is -2.01. The molecule has 0 bridgehead atoms. The summed E-state index contributed by atoms with van der Waals surface area (Å²) in [6.07, 6.45) is 2.60. The maximum Gasteiger partial charge on any atom is 0.330 e. The Morgan fingerprint density at radius 3 is 2.50 bits per heavy atom. The third kappa shape index (κ3) is 5.92. The number of aliphatic hydroxyl groups is 1. The Morgan fingerprint density at radius 1 is 1.50 bits per heavy atom. The smallest absolute Gasteiger partial charge is 0.330 e. The van der Waals surface area contributed by atoms with Gasteiger partial charge in [-0.25, -0.2) is 4.79 Å². The lowest BCUT2D eigenvalue weighted by molar-refractivity contribution is -0.132. The van der Waals surface area contributed by atoms with E-state index in [0.29, 0.717) is 6.42 Å². The van der Waals surface area contributed by atoms with Crippen molar-refractivity contribution in [2.24, 2.45) is 0 Å². The van der Waals surface area contributed by atoms with Gasteiger partial charge in [-0.05, 0) is 26.2 Å². The molecule has 0 rings (SSSR count). The van der Waals surface area contributed by atoms with Gasteiger partial charge >= 0.3 is 5.97 Å². The van der Waals surface area contributed by atoms with Gasteiger partial charge in [0.15, 0.2) is 0 Å². The highest BCUT2D eigenvalue weighted by Gasteiger charge is 2.03. The Kier molecular flexibility index (Phi) is 5.37. The molecule has 0 spiro atoms. The number of carbonyl (C=O) groups is 1. The molecule has 12 heavy (non-hydrogen) atoms. The van der Waals surface area contributed by atoms with Gasteiger partial charge in [0.2, 0.25) is 0 Å². The van der Waals surface area contributed by atoms with Crippen molar-refractivity contribution in [3.05, 3.63) is 12.2 Å². The highest BCUT2D eigenvalue weighted by Crippen LogP contribution is 2.08. The van der Waals surface area contributed by atoms with Crippen molar-refractivity contribution in [2.75, 3.05) is 0 Å². The predicted octanol–water partition coefficient (Wildman–Crippen LogP) is 1.57. The molecule has 0 heterocycles. The zero-order valence-electron chi connectivity index (χ0n) is 7.42. The minimum absolute atomic E-state index is 0.251. The van der Waals surface area contributed by atoms with Gasteiger partial charge < -0.3 is 10.2 Å². The highest BCUT2D eigenvalue weighted by atomic mass is 16.4. The van der Waals surface area contributed by atoms with E-state index in [1.54, 1.807) is 6.92 Å². The Balaban J connectivity index is 3.32. The van der Waals surface area contributed by atoms with Gasteiger partial charge in [-0.2, -0.15) is 0 Å². The van der Waals surface area contributed by atoms with E-state index in [1.165, 1.54) is 0 Å². The average molecular weight is 172 g/mol. The summed E-state index contributed by atoms with van der Waals surface area (Å²) in [6, 6.07) is 0. The Hall–Kier alpha value is -0.830. The molecule has 0 aromatic carbocycles. The first-order valence-corrected chi connectivity index (χ1v) is 4.13. The Bertz CT molecular complexity index is 161. The SMILES string of the molecule is C=C(CCCCC(C)O)C(=O)O. The summed E-state index contributed by atoms with van der Waals surface area (Å²) in [4.78, 5) is 10.3. The standard InChI is InChI=1S/C9H16O3/c1-7(9(11)12)5-3-4-6-8(2)10/h8,10H,1,3-6H2,2H3,(H,11,12). The van der Waals surface area contributed by atoms with Crippen molar-refractivity contribution in [1.29, 1.82) is 0 Å². The van der Waals surface area contributed by atoms with E-state index in [9.17, 15) is 4.79 Å². The molecular formula is C9H16O3. The van der Waals surface area contributed by atoms with Gasteiger partial charge in [0.05, 0.1) is 6.10 Å². The van der Waals surface area contributed by atoms with Crippen LogP contribution in [0.3, 0.4) is 0 Å². The second-order valence-electron chi connectivity index (χ2n) is 3.00. The van der Waals surface area contributed by atoms with Crippen LogP contribution in [-0.4, -0.2) is 22.3 Å². The summed E-state index contributed by atoms with van der Waals surface area (Å²) >= 11 is 0. The van der Waals surface area contributed by atoms with Crippen LogP contribution in [0.5, 0.6) is 0 Å². The summed E-state index contributed by atoms with van der Waals surface area (Å²) in [5.74, 6) is -0.924. The molecule has 0 aromatic rings. The van der Waals surface area contributed by atoms with Crippen molar-refractivity contribution in [3.63, 3.8) is 0 Å². The lowest BCUT2D eigenvalue weighted by Gasteiger charge is -2.03. The van der Waals surface area contributed by atoms with Crippen LogP contribution in [0.1, 0.15) is 32.6 Å². The van der Waals surface area contributed by atoms with Crippen LogP contribution >= 0.6 is 0 Å². The van der Waals surface area contributed by atoms with Gasteiger partial charge in [-0.1, -0.05) is 13.0 Å². The molecule has 0 saturated heterocycles. The first-order chi connectivity index (χ1) is 5.54. The maximum atomic E-state index is 10.3. The first-order valence-electron chi connectivity index (χ1n) is 4.13. The molecule has 0 aliphatic carbocycles. The monoisotopic (exact) mass is 172 g/mol. The zero-order valence-corrected chi connectivity index (χ0v) is 7.42. The second-order valence-corrected chi connectivity index (χ2v) is 3.00. The van der Waals surface area contributed by atoms with Gasteiger partial charge in [-0.15, -0.1) is 0 Å². The molecule has 0 aromatic heterocycles. The minimum Gasteiger partial charge on any atom is -0.478 e. The molecule has 0 aliphatic rings. The quantitative estimate of drug-likeness (QED) is 0.472. The van der Waals surface area contributed by atoms with Crippen LogP contribution in [0, 0.1) is 0 Å². The molecule has 0 aliphatic heterocycles. The molecule has 0 radical (unpaired) electrons. The summed E-state index contributed by atoms with van der Waals surface area (Å²) in [7, 11) is 0. The minimum atomic E-state index is -0.924. The van der Waals surface area contributed by atoms with Gasteiger partial charge in [0.1, 0.15) is 0 Å². The molecule has 1 unspecified atom stereocenters. The fourth-order valence-corrected chi connectivity index (χ4v) is 0.885. The molecule has 3 nitrogen and oxygen atoms in total. The Labute approximate surface area is 72.7 Å².